The second kappa shape index (κ2) is 6.62. The Hall–Kier alpha value is -2.01. The summed E-state index contributed by atoms with van der Waals surface area (Å²) in [5.41, 5.74) is 2.67. The zero-order valence-electron chi connectivity index (χ0n) is 14.0. The highest BCUT2D eigenvalue weighted by molar-refractivity contribution is 6.00. The van der Waals surface area contributed by atoms with Crippen LogP contribution in [0.4, 0.5) is 0 Å². The molecule has 1 saturated carbocycles. The van der Waals surface area contributed by atoms with Crippen LogP contribution in [0, 0.1) is 6.92 Å². The zero-order chi connectivity index (χ0) is 16.4. The van der Waals surface area contributed by atoms with Crippen LogP contribution >= 0.6 is 0 Å². The van der Waals surface area contributed by atoms with Gasteiger partial charge < -0.3 is 20.4 Å². The molecule has 1 fully saturated rings. The summed E-state index contributed by atoms with van der Waals surface area (Å²) in [5.74, 6) is 0.756. The van der Waals surface area contributed by atoms with E-state index in [-0.39, 0.29) is 11.9 Å². The third kappa shape index (κ3) is 3.20. The third-order valence-corrected chi connectivity index (χ3v) is 4.90. The molecule has 0 atom stereocenters. The maximum Gasteiger partial charge on any atom is 0.267 e. The van der Waals surface area contributed by atoms with Crippen molar-refractivity contribution in [1.29, 1.82) is 0 Å². The van der Waals surface area contributed by atoms with Gasteiger partial charge in [0.1, 0.15) is 11.4 Å². The van der Waals surface area contributed by atoms with E-state index in [0.717, 1.165) is 47.9 Å². The second-order valence-electron chi connectivity index (χ2n) is 6.37. The fourth-order valence-corrected chi connectivity index (χ4v) is 3.42. The minimum atomic E-state index is -0.0319. The van der Waals surface area contributed by atoms with Crippen molar-refractivity contribution < 1.29 is 9.53 Å². The van der Waals surface area contributed by atoms with Crippen LogP contribution in [0.2, 0.25) is 0 Å². The average Bonchev–Trinajstić information content (AvgIpc) is 3.02. The Bertz CT molecular complexity index is 700. The van der Waals surface area contributed by atoms with Crippen molar-refractivity contribution in [2.75, 3.05) is 14.2 Å². The van der Waals surface area contributed by atoms with E-state index in [2.05, 4.69) is 15.6 Å². The topological polar surface area (TPSA) is 66.2 Å². The number of benzene rings is 1. The first-order valence-electron chi connectivity index (χ1n) is 8.26. The van der Waals surface area contributed by atoms with Crippen LogP contribution in [0.25, 0.3) is 10.9 Å². The first-order valence-corrected chi connectivity index (χ1v) is 8.26. The van der Waals surface area contributed by atoms with Gasteiger partial charge in [-0.1, -0.05) is 6.07 Å². The molecule has 124 valence electrons. The number of rotatable bonds is 4. The Kier molecular flexibility index (Phi) is 4.57. The third-order valence-electron chi connectivity index (χ3n) is 4.90. The number of carbonyl (C=O) groups is 1. The fraction of sp³-hybridized carbons (Fsp3) is 0.500. The van der Waals surface area contributed by atoms with Gasteiger partial charge in [-0.15, -0.1) is 0 Å². The number of ether oxygens (including phenoxy) is 1. The lowest BCUT2D eigenvalue weighted by Gasteiger charge is -2.28. The van der Waals surface area contributed by atoms with Crippen LogP contribution in [0.3, 0.4) is 0 Å². The van der Waals surface area contributed by atoms with Crippen molar-refractivity contribution >= 4 is 16.8 Å². The van der Waals surface area contributed by atoms with Gasteiger partial charge in [0.05, 0.1) is 12.6 Å². The number of fused-ring (bicyclic) bond motifs is 1. The standard InChI is InChI=1S/C18H25N3O2/c1-11-4-9-16(23-3)14-10-15(21-17(11)14)18(22)20-13-7-5-12(19-2)6-8-13/h4,9-10,12-13,19,21H,5-8H2,1-3H3,(H,20,22). The lowest BCUT2D eigenvalue weighted by Crippen LogP contribution is -2.41. The molecule has 5 heteroatoms. The molecule has 3 N–H and O–H groups in total. The number of amides is 1. The fourth-order valence-electron chi connectivity index (χ4n) is 3.42. The summed E-state index contributed by atoms with van der Waals surface area (Å²) in [6, 6.07) is 6.67. The number of carbonyl (C=O) groups excluding carboxylic acids is 1. The highest BCUT2D eigenvalue weighted by Crippen LogP contribution is 2.29. The predicted octanol–water partition coefficient (Wildman–Crippen LogP) is 2.75. The van der Waals surface area contributed by atoms with Crippen molar-refractivity contribution in [3.05, 3.63) is 29.5 Å². The second-order valence-corrected chi connectivity index (χ2v) is 6.37. The summed E-state index contributed by atoms with van der Waals surface area (Å²) in [5, 5.41) is 7.43. The summed E-state index contributed by atoms with van der Waals surface area (Å²) in [6.45, 7) is 2.03. The van der Waals surface area contributed by atoms with E-state index in [4.69, 9.17) is 4.74 Å². The Morgan fingerprint density at radius 1 is 1.22 bits per heavy atom. The van der Waals surface area contributed by atoms with Gasteiger partial charge in [-0.05, 0) is 57.4 Å². The molecular formula is C18H25N3O2. The van der Waals surface area contributed by atoms with Crippen LogP contribution in [0.5, 0.6) is 5.75 Å². The Morgan fingerprint density at radius 3 is 2.57 bits per heavy atom. The normalized spacial score (nSPS) is 21.3. The molecule has 5 nitrogen and oxygen atoms in total. The minimum Gasteiger partial charge on any atom is -0.496 e. The molecule has 1 heterocycles. The number of H-pyrrole nitrogens is 1. The van der Waals surface area contributed by atoms with E-state index in [1.54, 1.807) is 7.11 Å². The molecular weight excluding hydrogens is 290 g/mol. The van der Waals surface area contributed by atoms with E-state index in [1.165, 1.54) is 0 Å². The molecule has 0 aliphatic heterocycles. The van der Waals surface area contributed by atoms with Gasteiger partial charge in [0.25, 0.3) is 5.91 Å². The highest BCUT2D eigenvalue weighted by atomic mass is 16.5. The largest absolute Gasteiger partial charge is 0.496 e. The smallest absolute Gasteiger partial charge is 0.267 e. The lowest BCUT2D eigenvalue weighted by molar-refractivity contribution is 0.0920. The minimum absolute atomic E-state index is 0.0319. The van der Waals surface area contributed by atoms with Crippen molar-refractivity contribution in [3.8, 4) is 5.75 Å². The lowest BCUT2D eigenvalue weighted by atomic mass is 9.91. The molecule has 0 saturated heterocycles. The quantitative estimate of drug-likeness (QED) is 0.813. The van der Waals surface area contributed by atoms with Gasteiger partial charge in [-0.3, -0.25) is 4.79 Å². The number of hydrogen-bond acceptors (Lipinski definition) is 3. The Balaban J connectivity index is 1.75. The van der Waals surface area contributed by atoms with E-state index in [1.807, 2.05) is 32.2 Å². The molecule has 0 unspecified atom stereocenters. The van der Waals surface area contributed by atoms with Gasteiger partial charge in [-0.25, -0.2) is 0 Å². The summed E-state index contributed by atoms with van der Waals surface area (Å²) >= 11 is 0. The molecule has 2 aromatic rings. The number of nitrogens with one attached hydrogen (secondary N) is 3. The maximum atomic E-state index is 12.5. The highest BCUT2D eigenvalue weighted by Gasteiger charge is 2.22. The van der Waals surface area contributed by atoms with Gasteiger partial charge in [0, 0.05) is 17.5 Å². The molecule has 0 spiro atoms. The van der Waals surface area contributed by atoms with Crippen molar-refractivity contribution in [2.45, 2.75) is 44.7 Å². The van der Waals surface area contributed by atoms with E-state index in [9.17, 15) is 4.79 Å². The predicted molar refractivity (Wildman–Crippen MR) is 92.2 cm³/mol. The van der Waals surface area contributed by atoms with Crippen molar-refractivity contribution in [1.82, 2.24) is 15.6 Å². The van der Waals surface area contributed by atoms with Crippen molar-refractivity contribution in [3.63, 3.8) is 0 Å². The summed E-state index contributed by atoms with van der Waals surface area (Å²) in [7, 11) is 3.65. The average molecular weight is 315 g/mol. The van der Waals surface area contributed by atoms with Crippen LogP contribution in [0.1, 0.15) is 41.7 Å². The SMILES string of the molecule is CNC1CCC(NC(=O)c2cc3c(OC)ccc(C)c3[nH]2)CC1. The zero-order valence-corrected chi connectivity index (χ0v) is 14.0. The van der Waals surface area contributed by atoms with Crippen LogP contribution in [-0.4, -0.2) is 37.1 Å². The van der Waals surface area contributed by atoms with Crippen molar-refractivity contribution in [2.24, 2.45) is 0 Å². The monoisotopic (exact) mass is 315 g/mol. The first kappa shape index (κ1) is 15.9. The molecule has 1 aliphatic rings. The number of hydrogen-bond donors (Lipinski definition) is 3. The van der Waals surface area contributed by atoms with Crippen LogP contribution in [-0.2, 0) is 0 Å². The van der Waals surface area contributed by atoms with Gasteiger partial charge >= 0.3 is 0 Å². The first-order chi connectivity index (χ1) is 11.1. The van der Waals surface area contributed by atoms with Gasteiger partial charge in [0.2, 0.25) is 0 Å². The molecule has 1 aromatic carbocycles. The number of aromatic nitrogens is 1. The van der Waals surface area contributed by atoms with Crippen LogP contribution < -0.4 is 15.4 Å². The maximum absolute atomic E-state index is 12.5. The van der Waals surface area contributed by atoms with Crippen LogP contribution in [0.15, 0.2) is 18.2 Å². The number of methoxy groups -OCH3 is 1. The molecule has 1 aromatic heterocycles. The van der Waals surface area contributed by atoms with Gasteiger partial charge in [0.15, 0.2) is 0 Å². The summed E-state index contributed by atoms with van der Waals surface area (Å²) < 4.78 is 5.39. The molecule has 23 heavy (non-hydrogen) atoms. The van der Waals surface area contributed by atoms with E-state index in [0.29, 0.717) is 11.7 Å². The summed E-state index contributed by atoms with van der Waals surface area (Å²) in [6.07, 6.45) is 4.28. The van der Waals surface area contributed by atoms with E-state index < -0.39 is 0 Å². The molecule has 0 radical (unpaired) electrons. The molecule has 3 rings (SSSR count). The molecule has 0 bridgehead atoms. The summed E-state index contributed by atoms with van der Waals surface area (Å²) in [4.78, 5) is 15.8. The van der Waals surface area contributed by atoms with E-state index >= 15 is 0 Å². The molecule has 1 amide bonds. The Labute approximate surface area is 136 Å². The van der Waals surface area contributed by atoms with Gasteiger partial charge in [-0.2, -0.15) is 0 Å². The molecule has 1 aliphatic carbocycles. The Morgan fingerprint density at radius 2 is 1.91 bits per heavy atom. The number of aromatic amines is 1. The number of aryl methyl sites for hydroxylation is 1.